The first-order valence-corrected chi connectivity index (χ1v) is 8.15. The van der Waals surface area contributed by atoms with E-state index in [0.717, 1.165) is 12.1 Å². The van der Waals surface area contributed by atoms with Crippen LogP contribution in [0.1, 0.15) is 33.6 Å². The molecule has 2 rings (SSSR count). The number of rotatable bonds is 6. The summed E-state index contributed by atoms with van der Waals surface area (Å²) in [6.45, 7) is 4.91. The number of allylic oxidation sites excluding steroid dienone is 1. The Hall–Kier alpha value is -3.37. The van der Waals surface area contributed by atoms with Gasteiger partial charge in [-0.15, -0.1) is 0 Å². The van der Waals surface area contributed by atoms with Gasteiger partial charge in [-0.05, 0) is 24.8 Å². The zero-order chi connectivity index (χ0) is 20.4. The minimum Gasteiger partial charge on any atom is -0.271 e. The van der Waals surface area contributed by atoms with Gasteiger partial charge < -0.3 is 0 Å². The second-order valence-corrected chi connectivity index (χ2v) is 6.86. The molecule has 1 aromatic carbocycles. The summed E-state index contributed by atoms with van der Waals surface area (Å²) in [6.07, 6.45) is 2.90. The summed E-state index contributed by atoms with van der Waals surface area (Å²) in [5, 5.41) is 37.6. The molecule has 0 heterocycles. The van der Waals surface area contributed by atoms with Gasteiger partial charge in [0, 0.05) is 30.4 Å². The van der Waals surface area contributed by atoms with Crippen molar-refractivity contribution in [2.75, 3.05) is 5.43 Å². The molecule has 11 nitrogen and oxygen atoms in total. The molecule has 0 aromatic heterocycles. The molecule has 1 aliphatic carbocycles. The molecule has 1 atom stereocenters. The summed E-state index contributed by atoms with van der Waals surface area (Å²) in [7, 11) is 0. The van der Waals surface area contributed by atoms with Crippen LogP contribution in [0.15, 0.2) is 34.9 Å². The van der Waals surface area contributed by atoms with Crippen LogP contribution in [0.3, 0.4) is 0 Å². The number of benzene rings is 1. The molecule has 1 N–H and O–H groups in total. The SMILES string of the molecule is C[C@@H]1CC=C(C(C)(C)[N+](=O)[O-])/C(=N\Nc2ccc([N+](=O)[O-])cc2[N+](=O)[O-])C1. The van der Waals surface area contributed by atoms with E-state index in [0.29, 0.717) is 24.1 Å². The van der Waals surface area contributed by atoms with Gasteiger partial charge in [-0.2, -0.15) is 5.10 Å². The number of hydrogen-bond donors (Lipinski definition) is 1. The maximum Gasteiger partial charge on any atom is 0.301 e. The Balaban J connectivity index is 2.41. The molecular formula is C16H19N5O6. The first kappa shape index (κ1) is 19.9. The number of hydrazone groups is 1. The Kier molecular flexibility index (Phi) is 5.52. The highest BCUT2D eigenvalue weighted by atomic mass is 16.6. The third-order valence-electron chi connectivity index (χ3n) is 4.39. The van der Waals surface area contributed by atoms with Crippen LogP contribution in [0.4, 0.5) is 17.1 Å². The van der Waals surface area contributed by atoms with Crippen LogP contribution in [-0.2, 0) is 0 Å². The molecule has 144 valence electrons. The second-order valence-electron chi connectivity index (χ2n) is 6.86. The number of nitrogens with zero attached hydrogens (tertiary/aromatic N) is 4. The largest absolute Gasteiger partial charge is 0.301 e. The van der Waals surface area contributed by atoms with Gasteiger partial charge >= 0.3 is 5.69 Å². The highest BCUT2D eigenvalue weighted by Gasteiger charge is 2.40. The van der Waals surface area contributed by atoms with Crippen molar-refractivity contribution < 1.29 is 14.8 Å². The molecule has 1 aliphatic rings. The molecule has 0 saturated heterocycles. The fourth-order valence-electron chi connectivity index (χ4n) is 2.77. The molecule has 0 amide bonds. The van der Waals surface area contributed by atoms with Crippen LogP contribution >= 0.6 is 0 Å². The average molecular weight is 377 g/mol. The molecule has 11 heteroatoms. The summed E-state index contributed by atoms with van der Waals surface area (Å²) in [4.78, 5) is 31.5. The minimum absolute atomic E-state index is 0.0328. The summed E-state index contributed by atoms with van der Waals surface area (Å²) in [5.41, 5.74) is 1.12. The molecule has 0 unspecified atom stereocenters. The Bertz CT molecular complexity index is 861. The van der Waals surface area contributed by atoms with Crippen molar-refractivity contribution in [1.82, 2.24) is 0 Å². The standard InChI is InChI=1S/C16H19N5O6/c1-10-4-6-12(16(2,3)21(26)27)14(8-10)18-17-13-7-5-11(19(22)23)9-15(13)20(24)25/h5-7,9-10,17H,4,8H2,1-3H3/b18-14-/t10-/m1/s1. The summed E-state index contributed by atoms with van der Waals surface area (Å²) < 4.78 is 0. The van der Waals surface area contributed by atoms with Gasteiger partial charge in [0.1, 0.15) is 5.69 Å². The van der Waals surface area contributed by atoms with Crippen LogP contribution < -0.4 is 5.43 Å². The number of hydrogen-bond acceptors (Lipinski definition) is 8. The number of nitrogens with one attached hydrogen (secondary N) is 1. The second kappa shape index (κ2) is 7.48. The molecule has 0 spiro atoms. The van der Waals surface area contributed by atoms with Crippen molar-refractivity contribution in [2.24, 2.45) is 11.0 Å². The fourth-order valence-corrected chi connectivity index (χ4v) is 2.77. The van der Waals surface area contributed by atoms with E-state index in [2.05, 4.69) is 10.5 Å². The van der Waals surface area contributed by atoms with E-state index in [-0.39, 0.29) is 11.6 Å². The molecule has 0 bridgehead atoms. The predicted molar refractivity (Wildman–Crippen MR) is 98.4 cm³/mol. The number of nitro groups is 3. The van der Waals surface area contributed by atoms with Crippen LogP contribution in [0.25, 0.3) is 0 Å². The molecule has 27 heavy (non-hydrogen) atoms. The summed E-state index contributed by atoms with van der Waals surface area (Å²) >= 11 is 0. The number of non-ortho nitro benzene ring substituents is 1. The van der Waals surface area contributed by atoms with Gasteiger partial charge in [-0.25, -0.2) is 0 Å². The number of anilines is 1. The van der Waals surface area contributed by atoms with E-state index in [1.165, 1.54) is 19.9 Å². The molecule has 0 fully saturated rings. The lowest BCUT2D eigenvalue weighted by atomic mass is 9.81. The number of nitro benzene ring substituents is 2. The van der Waals surface area contributed by atoms with Gasteiger partial charge in [-0.1, -0.05) is 13.0 Å². The molecule has 0 radical (unpaired) electrons. The minimum atomic E-state index is -1.36. The van der Waals surface area contributed by atoms with Crippen LogP contribution in [0.5, 0.6) is 0 Å². The van der Waals surface area contributed by atoms with Crippen LogP contribution in [0, 0.1) is 36.3 Å². The van der Waals surface area contributed by atoms with Crippen molar-refractivity contribution in [3.63, 3.8) is 0 Å². The van der Waals surface area contributed by atoms with E-state index >= 15 is 0 Å². The fraction of sp³-hybridized carbons (Fsp3) is 0.438. The van der Waals surface area contributed by atoms with Crippen molar-refractivity contribution in [2.45, 2.75) is 39.2 Å². The highest BCUT2D eigenvalue weighted by molar-refractivity contribution is 6.03. The Morgan fingerprint density at radius 1 is 1.15 bits per heavy atom. The molecular weight excluding hydrogens is 358 g/mol. The van der Waals surface area contributed by atoms with Gasteiger partial charge in [0.25, 0.3) is 5.69 Å². The lowest BCUT2D eigenvalue weighted by Gasteiger charge is -2.26. The van der Waals surface area contributed by atoms with E-state index in [9.17, 15) is 30.3 Å². The molecule has 1 aromatic rings. The average Bonchev–Trinajstić information content (AvgIpc) is 2.59. The highest BCUT2D eigenvalue weighted by Crippen LogP contribution is 2.32. The summed E-state index contributed by atoms with van der Waals surface area (Å²) in [6, 6.07) is 3.15. The molecule has 0 aliphatic heterocycles. The van der Waals surface area contributed by atoms with Gasteiger partial charge in [-0.3, -0.25) is 35.8 Å². The van der Waals surface area contributed by atoms with Crippen molar-refractivity contribution in [3.8, 4) is 0 Å². The van der Waals surface area contributed by atoms with Crippen LogP contribution in [-0.4, -0.2) is 26.0 Å². The lowest BCUT2D eigenvalue weighted by molar-refractivity contribution is -0.547. The first-order valence-electron chi connectivity index (χ1n) is 8.15. The van der Waals surface area contributed by atoms with E-state index in [1.54, 1.807) is 6.08 Å². The van der Waals surface area contributed by atoms with Crippen molar-refractivity contribution >= 4 is 22.8 Å². The van der Waals surface area contributed by atoms with Gasteiger partial charge in [0.05, 0.1) is 21.6 Å². The lowest BCUT2D eigenvalue weighted by Crippen LogP contribution is -2.38. The predicted octanol–water partition coefficient (Wildman–Crippen LogP) is 3.68. The smallest absolute Gasteiger partial charge is 0.271 e. The zero-order valence-electron chi connectivity index (χ0n) is 15.0. The third kappa shape index (κ3) is 4.25. The monoisotopic (exact) mass is 377 g/mol. The van der Waals surface area contributed by atoms with E-state index in [4.69, 9.17) is 0 Å². The van der Waals surface area contributed by atoms with E-state index in [1.807, 2.05) is 6.92 Å². The van der Waals surface area contributed by atoms with Crippen LogP contribution in [0.2, 0.25) is 0 Å². The van der Waals surface area contributed by atoms with Crippen molar-refractivity contribution in [1.29, 1.82) is 0 Å². The van der Waals surface area contributed by atoms with Gasteiger partial charge in [0.15, 0.2) is 0 Å². The summed E-state index contributed by atoms with van der Waals surface area (Å²) in [5.74, 6) is 0.212. The first-order chi connectivity index (χ1) is 12.5. The Labute approximate surface area is 154 Å². The topological polar surface area (TPSA) is 154 Å². The third-order valence-corrected chi connectivity index (χ3v) is 4.39. The van der Waals surface area contributed by atoms with Crippen molar-refractivity contribution in [3.05, 3.63) is 60.2 Å². The molecule has 0 saturated carbocycles. The van der Waals surface area contributed by atoms with E-state index < -0.39 is 31.7 Å². The Morgan fingerprint density at radius 2 is 1.81 bits per heavy atom. The zero-order valence-corrected chi connectivity index (χ0v) is 15.0. The van der Waals surface area contributed by atoms with Gasteiger partial charge in [0.2, 0.25) is 5.54 Å². The maximum atomic E-state index is 11.4. The normalized spacial score (nSPS) is 18.7. The quantitative estimate of drug-likeness (QED) is 0.585. The maximum absolute atomic E-state index is 11.4. The Morgan fingerprint density at radius 3 is 2.37 bits per heavy atom.